The summed E-state index contributed by atoms with van der Waals surface area (Å²) < 4.78 is 1.04. The van der Waals surface area contributed by atoms with Crippen LogP contribution < -0.4 is 11.1 Å². The average Bonchev–Trinajstić information content (AvgIpc) is 2.50. The van der Waals surface area contributed by atoms with E-state index in [1.165, 1.54) is 0 Å². The van der Waals surface area contributed by atoms with Crippen LogP contribution in [-0.4, -0.2) is 18.0 Å². The van der Waals surface area contributed by atoms with Crippen molar-refractivity contribution in [3.05, 3.63) is 20.8 Å². The van der Waals surface area contributed by atoms with Gasteiger partial charge in [0.05, 0.1) is 10.2 Å². The molecule has 0 radical (unpaired) electrons. The second kappa shape index (κ2) is 5.09. The molecule has 1 heterocycles. The SMILES string of the molecule is CC(C)(CN)NC(=O)Cc1ccc(Br)s1. The van der Waals surface area contributed by atoms with E-state index in [-0.39, 0.29) is 11.4 Å². The van der Waals surface area contributed by atoms with Gasteiger partial charge in [0.25, 0.3) is 0 Å². The van der Waals surface area contributed by atoms with Crippen LogP contribution in [0.3, 0.4) is 0 Å². The summed E-state index contributed by atoms with van der Waals surface area (Å²) in [5, 5.41) is 2.89. The Balaban J connectivity index is 2.50. The number of thiophene rings is 1. The van der Waals surface area contributed by atoms with E-state index >= 15 is 0 Å². The van der Waals surface area contributed by atoms with Crippen molar-refractivity contribution in [2.75, 3.05) is 6.54 Å². The molecule has 1 aromatic heterocycles. The van der Waals surface area contributed by atoms with E-state index in [1.54, 1.807) is 11.3 Å². The van der Waals surface area contributed by atoms with Gasteiger partial charge < -0.3 is 11.1 Å². The van der Waals surface area contributed by atoms with Gasteiger partial charge in [0.2, 0.25) is 5.91 Å². The molecular weight excluding hydrogens is 276 g/mol. The Bertz CT molecular complexity index is 349. The lowest BCUT2D eigenvalue weighted by atomic mass is 10.1. The summed E-state index contributed by atoms with van der Waals surface area (Å²) in [5.41, 5.74) is 5.20. The van der Waals surface area contributed by atoms with E-state index in [0.29, 0.717) is 13.0 Å². The number of halogens is 1. The molecular formula is C10H15BrN2OS. The number of amides is 1. The molecule has 0 spiro atoms. The average molecular weight is 291 g/mol. The van der Waals surface area contributed by atoms with Gasteiger partial charge in [-0.3, -0.25) is 4.79 Å². The quantitative estimate of drug-likeness (QED) is 0.890. The van der Waals surface area contributed by atoms with E-state index in [9.17, 15) is 4.79 Å². The molecule has 0 saturated heterocycles. The Morgan fingerprint density at radius 3 is 2.73 bits per heavy atom. The highest BCUT2D eigenvalue weighted by atomic mass is 79.9. The maximum atomic E-state index is 11.6. The van der Waals surface area contributed by atoms with Crippen molar-refractivity contribution in [3.8, 4) is 0 Å². The molecule has 3 N–H and O–H groups in total. The van der Waals surface area contributed by atoms with Gasteiger partial charge in [0, 0.05) is 17.0 Å². The van der Waals surface area contributed by atoms with Crippen LogP contribution in [0.4, 0.5) is 0 Å². The molecule has 0 atom stereocenters. The number of carbonyl (C=O) groups excluding carboxylic acids is 1. The van der Waals surface area contributed by atoms with E-state index in [1.807, 2.05) is 26.0 Å². The smallest absolute Gasteiger partial charge is 0.225 e. The molecule has 3 nitrogen and oxygen atoms in total. The summed E-state index contributed by atoms with van der Waals surface area (Å²) >= 11 is 4.94. The molecule has 0 saturated carbocycles. The first-order chi connectivity index (χ1) is 6.93. The van der Waals surface area contributed by atoms with Gasteiger partial charge in [-0.15, -0.1) is 11.3 Å². The van der Waals surface area contributed by atoms with Crippen LogP contribution in [-0.2, 0) is 11.2 Å². The van der Waals surface area contributed by atoms with Gasteiger partial charge in [0.15, 0.2) is 0 Å². The third kappa shape index (κ3) is 4.32. The minimum Gasteiger partial charge on any atom is -0.350 e. The summed E-state index contributed by atoms with van der Waals surface area (Å²) in [6, 6.07) is 3.89. The molecule has 0 unspecified atom stereocenters. The van der Waals surface area contributed by atoms with Crippen LogP contribution in [0.25, 0.3) is 0 Å². The molecule has 0 aliphatic rings. The highest BCUT2D eigenvalue weighted by Gasteiger charge is 2.18. The van der Waals surface area contributed by atoms with Gasteiger partial charge >= 0.3 is 0 Å². The first-order valence-electron chi connectivity index (χ1n) is 4.68. The monoisotopic (exact) mass is 290 g/mol. The summed E-state index contributed by atoms with van der Waals surface area (Å²) in [6.45, 7) is 4.26. The number of nitrogens with two attached hydrogens (primary N) is 1. The third-order valence-electron chi connectivity index (χ3n) is 1.95. The van der Waals surface area contributed by atoms with Gasteiger partial charge in [-0.1, -0.05) is 0 Å². The lowest BCUT2D eigenvalue weighted by Gasteiger charge is -2.23. The van der Waals surface area contributed by atoms with Crippen LogP contribution in [0.2, 0.25) is 0 Å². The van der Waals surface area contributed by atoms with Crippen molar-refractivity contribution < 1.29 is 4.79 Å². The molecule has 0 bridgehead atoms. The van der Waals surface area contributed by atoms with Crippen molar-refractivity contribution in [1.29, 1.82) is 0 Å². The van der Waals surface area contributed by atoms with Crippen molar-refractivity contribution in [1.82, 2.24) is 5.32 Å². The van der Waals surface area contributed by atoms with Gasteiger partial charge in [-0.25, -0.2) is 0 Å². The number of hydrogen-bond donors (Lipinski definition) is 2. The second-order valence-electron chi connectivity index (χ2n) is 4.02. The van der Waals surface area contributed by atoms with E-state index in [0.717, 1.165) is 8.66 Å². The Kier molecular flexibility index (Phi) is 4.31. The fourth-order valence-corrected chi connectivity index (χ4v) is 2.56. The van der Waals surface area contributed by atoms with Crippen LogP contribution in [0.1, 0.15) is 18.7 Å². The largest absolute Gasteiger partial charge is 0.350 e. The lowest BCUT2D eigenvalue weighted by Crippen LogP contribution is -2.49. The summed E-state index contributed by atoms with van der Waals surface area (Å²) in [4.78, 5) is 12.7. The number of hydrogen-bond acceptors (Lipinski definition) is 3. The zero-order valence-electron chi connectivity index (χ0n) is 8.84. The topological polar surface area (TPSA) is 55.1 Å². The molecule has 5 heteroatoms. The predicted molar refractivity (Wildman–Crippen MR) is 67.0 cm³/mol. The Morgan fingerprint density at radius 2 is 2.27 bits per heavy atom. The van der Waals surface area contributed by atoms with Gasteiger partial charge in [-0.2, -0.15) is 0 Å². The second-order valence-corrected chi connectivity index (χ2v) is 6.57. The molecule has 84 valence electrons. The lowest BCUT2D eigenvalue weighted by molar-refractivity contribution is -0.121. The molecule has 15 heavy (non-hydrogen) atoms. The molecule has 0 aromatic carbocycles. The van der Waals surface area contributed by atoms with Crippen molar-refractivity contribution >= 4 is 33.2 Å². The normalized spacial score (nSPS) is 11.5. The molecule has 1 rings (SSSR count). The van der Waals surface area contributed by atoms with Crippen LogP contribution >= 0.6 is 27.3 Å². The predicted octanol–water partition coefficient (Wildman–Crippen LogP) is 1.91. The summed E-state index contributed by atoms with van der Waals surface area (Å²) in [6.07, 6.45) is 0.416. The molecule has 0 aliphatic carbocycles. The fraction of sp³-hybridized carbons (Fsp3) is 0.500. The molecule has 1 amide bonds. The van der Waals surface area contributed by atoms with Gasteiger partial charge in [-0.05, 0) is 41.9 Å². The van der Waals surface area contributed by atoms with Crippen molar-refractivity contribution in [3.63, 3.8) is 0 Å². The number of carbonyl (C=O) groups is 1. The minimum atomic E-state index is -0.328. The highest BCUT2D eigenvalue weighted by Crippen LogP contribution is 2.22. The number of nitrogens with one attached hydrogen (secondary N) is 1. The molecule has 0 fully saturated rings. The fourth-order valence-electron chi connectivity index (χ4n) is 1.08. The van der Waals surface area contributed by atoms with Crippen molar-refractivity contribution in [2.24, 2.45) is 5.73 Å². The zero-order chi connectivity index (χ0) is 11.5. The first kappa shape index (κ1) is 12.7. The number of rotatable bonds is 4. The minimum absolute atomic E-state index is 0.0137. The Hall–Kier alpha value is -0.390. The standard InChI is InChI=1S/C10H15BrN2OS/c1-10(2,6-12)13-9(14)5-7-3-4-8(11)15-7/h3-4H,5-6,12H2,1-2H3,(H,13,14). The van der Waals surface area contributed by atoms with Crippen LogP contribution in [0.15, 0.2) is 15.9 Å². The summed E-state index contributed by atoms with van der Waals surface area (Å²) in [7, 11) is 0. The molecule has 0 aliphatic heterocycles. The van der Waals surface area contributed by atoms with E-state index < -0.39 is 0 Å². The third-order valence-corrected chi connectivity index (χ3v) is 3.58. The van der Waals surface area contributed by atoms with Crippen LogP contribution in [0.5, 0.6) is 0 Å². The van der Waals surface area contributed by atoms with Crippen molar-refractivity contribution in [2.45, 2.75) is 25.8 Å². The zero-order valence-corrected chi connectivity index (χ0v) is 11.2. The Morgan fingerprint density at radius 1 is 1.60 bits per heavy atom. The first-order valence-corrected chi connectivity index (χ1v) is 6.29. The highest BCUT2D eigenvalue weighted by molar-refractivity contribution is 9.11. The van der Waals surface area contributed by atoms with E-state index in [2.05, 4.69) is 21.2 Å². The maximum Gasteiger partial charge on any atom is 0.225 e. The molecule has 1 aromatic rings. The summed E-state index contributed by atoms with van der Waals surface area (Å²) in [5.74, 6) is 0.0137. The van der Waals surface area contributed by atoms with Gasteiger partial charge in [0.1, 0.15) is 0 Å². The van der Waals surface area contributed by atoms with Crippen LogP contribution in [0, 0.1) is 0 Å². The Labute approximate surface area is 102 Å². The maximum absolute atomic E-state index is 11.6. The van der Waals surface area contributed by atoms with E-state index in [4.69, 9.17) is 5.73 Å².